The number of nitrogens with one attached hydrogen (secondary N) is 1. The number of anilines is 1. The predicted octanol–water partition coefficient (Wildman–Crippen LogP) is 2.49. The standard InChI is InChI=1S/C19H19N5O3S/c1-12(18(26)22-14-9-7-13(8-10-14)17(20)25)28-19-23-21-11-24(19)15-5-3-4-6-16(15)27-2/h3-12H,1-2H3,(H2,20,25)(H,22,26)/t12-/m0/s1. The molecular weight excluding hydrogens is 378 g/mol. The SMILES string of the molecule is COc1ccccc1-n1cnnc1S[C@@H](C)C(=O)Nc1ccc(C(N)=O)cc1. The van der Waals surface area contributed by atoms with E-state index >= 15 is 0 Å². The van der Waals surface area contributed by atoms with E-state index in [0.717, 1.165) is 5.69 Å². The molecule has 1 atom stereocenters. The van der Waals surface area contributed by atoms with Crippen molar-refractivity contribution in [3.05, 3.63) is 60.4 Å². The molecule has 9 heteroatoms. The number of amides is 2. The minimum atomic E-state index is -0.516. The summed E-state index contributed by atoms with van der Waals surface area (Å²) in [5, 5.41) is 11.0. The van der Waals surface area contributed by atoms with Crippen molar-refractivity contribution in [2.24, 2.45) is 5.73 Å². The molecule has 1 aromatic heterocycles. The van der Waals surface area contributed by atoms with Gasteiger partial charge in [-0.15, -0.1) is 10.2 Å². The normalized spacial score (nSPS) is 11.6. The lowest BCUT2D eigenvalue weighted by molar-refractivity contribution is -0.115. The van der Waals surface area contributed by atoms with Crippen molar-refractivity contribution in [2.45, 2.75) is 17.3 Å². The quantitative estimate of drug-likeness (QED) is 0.593. The summed E-state index contributed by atoms with van der Waals surface area (Å²) >= 11 is 1.27. The maximum Gasteiger partial charge on any atom is 0.248 e. The fourth-order valence-corrected chi connectivity index (χ4v) is 3.31. The Hall–Kier alpha value is -3.33. The Morgan fingerprint density at radius 1 is 1.18 bits per heavy atom. The van der Waals surface area contributed by atoms with Gasteiger partial charge < -0.3 is 15.8 Å². The molecule has 0 bridgehead atoms. The van der Waals surface area contributed by atoms with E-state index < -0.39 is 11.2 Å². The first-order chi connectivity index (χ1) is 13.5. The van der Waals surface area contributed by atoms with Crippen molar-refractivity contribution in [1.82, 2.24) is 14.8 Å². The fourth-order valence-electron chi connectivity index (χ4n) is 2.47. The molecule has 0 aliphatic carbocycles. The van der Waals surface area contributed by atoms with Crippen LogP contribution in [0.2, 0.25) is 0 Å². The highest BCUT2D eigenvalue weighted by molar-refractivity contribution is 8.00. The van der Waals surface area contributed by atoms with Crippen molar-refractivity contribution in [2.75, 3.05) is 12.4 Å². The number of hydrogen-bond donors (Lipinski definition) is 2. The van der Waals surface area contributed by atoms with Crippen molar-refractivity contribution in [1.29, 1.82) is 0 Å². The van der Waals surface area contributed by atoms with E-state index in [4.69, 9.17) is 10.5 Å². The van der Waals surface area contributed by atoms with Gasteiger partial charge in [-0.2, -0.15) is 0 Å². The van der Waals surface area contributed by atoms with Gasteiger partial charge in [0.2, 0.25) is 11.8 Å². The third-order valence-corrected chi connectivity index (χ3v) is 5.01. The Morgan fingerprint density at radius 2 is 1.89 bits per heavy atom. The predicted molar refractivity (Wildman–Crippen MR) is 107 cm³/mol. The van der Waals surface area contributed by atoms with Gasteiger partial charge in [0.1, 0.15) is 12.1 Å². The van der Waals surface area contributed by atoms with Crippen molar-refractivity contribution < 1.29 is 14.3 Å². The van der Waals surface area contributed by atoms with Crippen LogP contribution in [0.5, 0.6) is 5.75 Å². The molecule has 2 amide bonds. The first-order valence-electron chi connectivity index (χ1n) is 8.40. The number of methoxy groups -OCH3 is 1. The third-order valence-electron chi connectivity index (χ3n) is 3.95. The van der Waals surface area contributed by atoms with Crippen LogP contribution in [-0.4, -0.2) is 38.9 Å². The molecule has 0 radical (unpaired) electrons. The van der Waals surface area contributed by atoms with Crippen LogP contribution in [0, 0.1) is 0 Å². The molecule has 8 nitrogen and oxygen atoms in total. The number of thioether (sulfide) groups is 1. The van der Waals surface area contributed by atoms with Gasteiger partial charge in [0.15, 0.2) is 5.16 Å². The summed E-state index contributed by atoms with van der Waals surface area (Å²) in [6.45, 7) is 1.78. The number of nitrogens with zero attached hydrogens (tertiary/aromatic N) is 3. The highest BCUT2D eigenvalue weighted by Crippen LogP contribution is 2.29. The van der Waals surface area contributed by atoms with Gasteiger partial charge in [0, 0.05) is 11.3 Å². The number of ether oxygens (including phenoxy) is 1. The summed E-state index contributed by atoms with van der Waals surface area (Å²) in [5.74, 6) is -0.0420. The Labute approximate surface area is 166 Å². The van der Waals surface area contributed by atoms with E-state index in [1.165, 1.54) is 11.8 Å². The number of aromatic nitrogens is 3. The van der Waals surface area contributed by atoms with Crippen molar-refractivity contribution in [3.63, 3.8) is 0 Å². The zero-order valence-corrected chi connectivity index (χ0v) is 16.1. The van der Waals surface area contributed by atoms with Crippen molar-refractivity contribution >= 4 is 29.3 Å². The Kier molecular flexibility index (Phi) is 5.95. The second kappa shape index (κ2) is 8.57. The van der Waals surface area contributed by atoms with E-state index in [0.29, 0.717) is 22.2 Å². The van der Waals surface area contributed by atoms with Gasteiger partial charge in [0.25, 0.3) is 0 Å². The number of benzene rings is 2. The summed E-state index contributed by atoms with van der Waals surface area (Å²) < 4.78 is 7.16. The minimum absolute atomic E-state index is 0.202. The molecule has 2 aromatic carbocycles. The van der Waals surface area contributed by atoms with Gasteiger partial charge in [0.05, 0.1) is 18.0 Å². The molecule has 144 valence electrons. The lowest BCUT2D eigenvalue weighted by Gasteiger charge is -2.14. The van der Waals surface area contributed by atoms with E-state index in [9.17, 15) is 9.59 Å². The lowest BCUT2D eigenvalue weighted by Crippen LogP contribution is -2.23. The average molecular weight is 397 g/mol. The molecule has 0 unspecified atom stereocenters. The van der Waals surface area contributed by atoms with Gasteiger partial charge >= 0.3 is 0 Å². The molecule has 0 spiro atoms. The van der Waals surface area contributed by atoms with E-state index in [-0.39, 0.29) is 5.91 Å². The fraction of sp³-hybridized carbons (Fsp3) is 0.158. The number of nitrogens with two attached hydrogens (primary N) is 1. The zero-order valence-electron chi connectivity index (χ0n) is 15.3. The first kappa shape index (κ1) is 19.4. The average Bonchev–Trinajstić information content (AvgIpc) is 3.16. The highest BCUT2D eigenvalue weighted by Gasteiger charge is 2.19. The van der Waals surface area contributed by atoms with Gasteiger partial charge in [-0.05, 0) is 43.3 Å². The molecule has 0 saturated carbocycles. The molecule has 0 aliphatic heterocycles. The van der Waals surface area contributed by atoms with Crippen LogP contribution in [-0.2, 0) is 4.79 Å². The van der Waals surface area contributed by atoms with E-state index in [1.54, 1.807) is 49.2 Å². The summed E-state index contributed by atoms with van der Waals surface area (Å²) in [6.07, 6.45) is 1.58. The van der Waals surface area contributed by atoms with Crippen LogP contribution >= 0.6 is 11.8 Å². The van der Waals surface area contributed by atoms with Crippen LogP contribution < -0.4 is 15.8 Å². The molecule has 0 fully saturated rings. The first-order valence-corrected chi connectivity index (χ1v) is 9.28. The Bertz CT molecular complexity index is 987. The number of para-hydroxylation sites is 2. The summed E-state index contributed by atoms with van der Waals surface area (Å²) in [7, 11) is 1.59. The molecule has 0 aliphatic rings. The molecule has 3 N–H and O–H groups in total. The van der Waals surface area contributed by atoms with Gasteiger partial charge in [-0.3, -0.25) is 14.2 Å². The molecule has 28 heavy (non-hydrogen) atoms. The summed E-state index contributed by atoms with van der Waals surface area (Å²) in [5.41, 5.74) is 6.96. The molecule has 0 saturated heterocycles. The van der Waals surface area contributed by atoms with E-state index in [1.807, 2.05) is 24.3 Å². The van der Waals surface area contributed by atoms with Crippen LogP contribution in [0.4, 0.5) is 5.69 Å². The topological polar surface area (TPSA) is 112 Å². The largest absolute Gasteiger partial charge is 0.495 e. The number of carbonyl (C=O) groups is 2. The Balaban J connectivity index is 1.71. The maximum absolute atomic E-state index is 12.5. The third kappa shape index (κ3) is 4.32. The molecule has 3 rings (SSSR count). The van der Waals surface area contributed by atoms with E-state index in [2.05, 4.69) is 15.5 Å². The molecular formula is C19H19N5O3S. The molecule has 3 aromatic rings. The van der Waals surface area contributed by atoms with Crippen molar-refractivity contribution in [3.8, 4) is 11.4 Å². The molecule has 1 heterocycles. The number of carbonyl (C=O) groups excluding carboxylic acids is 2. The van der Waals surface area contributed by atoms with Crippen LogP contribution in [0.15, 0.2) is 60.0 Å². The maximum atomic E-state index is 12.5. The van der Waals surface area contributed by atoms with Crippen LogP contribution in [0.3, 0.4) is 0 Å². The van der Waals surface area contributed by atoms with Crippen LogP contribution in [0.1, 0.15) is 17.3 Å². The van der Waals surface area contributed by atoms with Gasteiger partial charge in [-0.25, -0.2) is 0 Å². The second-order valence-corrected chi connectivity index (χ2v) is 7.15. The monoisotopic (exact) mass is 397 g/mol. The summed E-state index contributed by atoms with van der Waals surface area (Å²) in [6, 6.07) is 13.9. The highest BCUT2D eigenvalue weighted by atomic mass is 32.2. The lowest BCUT2D eigenvalue weighted by atomic mass is 10.2. The number of rotatable bonds is 7. The minimum Gasteiger partial charge on any atom is -0.495 e. The second-order valence-electron chi connectivity index (χ2n) is 5.85. The zero-order chi connectivity index (χ0) is 20.1. The van der Waals surface area contributed by atoms with Crippen LogP contribution in [0.25, 0.3) is 5.69 Å². The summed E-state index contributed by atoms with van der Waals surface area (Å²) in [4.78, 5) is 23.6. The Morgan fingerprint density at radius 3 is 2.57 bits per heavy atom. The smallest absolute Gasteiger partial charge is 0.248 e. The number of hydrogen-bond acceptors (Lipinski definition) is 6. The number of primary amides is 1. The van der Waals surface area contributed by atoms with Gasteiger partial charge in [-0.1, -0.05) is 23.9 Å².